The fourth-order valence-electron chi connectivity index (χ4n) is 8.31. The van der Waals surface area contributed by atoms with Crippen LogP contribution in [0, 0.1) is 0 Å². The number of hydrogen-bond acceptors (Lipinski definition) is 2. The third-order valence-corrected chi connectivity index (χ3v) is 10.9. The number of para-hydroxylation sites is 2. The summed E-state index contributed by atoms with van der Waals surface area (Å²) in [6.45, 7) is 0. The van der Waals surface area contributed by atoms with Crippen LogP contribution < -0.4 is 10.9 Å². The Morgan fingerprint density at radius 3 is 1.89 bits per heavy atom. The monoisotopic (exact) mass is 684 g/mol. The first kappa shape index (κ1) is 30.6. The van der Waals surface area contributed by atoms with Crippen LogP contribution in [0.15, 0.2) is 188 Å². The lowest BCUT2D eigenvalue weighted by Gasteiger charge is -2.13. The van der Waals surface area contributed by atoms with E-state index in [0.717, 1.165) is 44.8 Å². The molecule has 11 rings (SSSR count). The molecule has 10 aromatic rings. The average Bonchev–Trinajstić information content (AvgIpc) is 3.80. The van der Waals surface area contributed by atoms with Gasteiger partial charge in [-0.3, -0.25) is 0 Å². The largest absolute Gasteiger partial charge is 0.310 e. The molecule has 2 aromatic heterocycles. The van der Waals surface area contributed by atoms with E-state index in [0.29, 0.717) is 5.82 Å². The molecule has 249 valence electrons. The van der Waals surface area contributed by atoms with Crippen LogP contribution in [0.25, 0.3) is 94.4 Å². The summed E-state index contributed by atoms with van der Waals surface area (Å²) in [6.07, 6.45) is 0. The highest BCUT2D eigenvalue weighted by Gasteiger charge is 2.28. The molecule has 0 atom stereocenters. The zero-order chi connectivity index (χ0) is 35.6. The second kappa shape index (κ2) is 12.3. The van der Waals surface area contributed by atoms with Crippen molar-refractivity contribution in [2.24, 2.45) is 0 Å². The summed E-state index contributed by atoms with van der Waals surface area (Å²) in [4.78, 5) is 10.7. The molecule has 0 aliphatic carbocycles. The Balaban J connectivity index is 1.11. The Labute approximate surface area is 314 Å². The molecule has 1 radical (unpaired) electrons. The first-order valence-corrected chi connectivity index (χ1v) is 18.4. The molecule has 8 aromatic carbocycles. The topological polar surface area (TPSA) is 30.7 Å². The van der Waals surface area contributed by atoms with Crippen molar-refractivity contribution in [2.45, 2.75) is 0 Å². The first-order valence-electron chi connectivity index (χ1n) is 18.4. The summed E-state index contributed by atoms with van der Waals surface area (Å²) < 4.78 is 2.42. The lowest BCUT2D eigenvalue weighted by molar-refractivity contribution is 1.18. The molecule has 0 unspecified atom stereocenters. The van der Waals surface area contributed by atoms with E-state index in [9.17, 15) is 0 Å². The Hall–Kier alpha value is -7.04. The quantitative estimate of drug-likeness (QED) is 0.169. The number of rotatable bonds is 5. The van der Waals surface area contributed by atoms with Crippen molar-refractivity contribution < 1.29 is 0 Å². The summed E-state index contributed by atoms with van der Waals surface area (Å²) >= 11 is 0. The van der Waals surface area contributed by atoms with E-state index < -0.39 is 0 Å². The van der Waals surface area contributed by atoms with Gasteiger partial charge >= 0.3 is 0 Å². The van der Waals surface area contributed by atoms with Crippen LogP contribution in [0.1, 0.15) is 0 Å². The maximum Gasteiger partial charge on any atom is 0.196 e. The van der Waals surface area contributed by atoms with Gasteiger partial charge in [-0.25, -0.2) is 9.97 Å². The molecule has 0 bridgehead atoms. The summed E-state index contributed by atoms with van der Waals surface area (Å²) in [5, 5.41) is 4.88. The summed E-state index contributed by atoms with van der Waals surface area (Å²) in [7, 11) is 2.36. The SMILES string of the molecule is [B]1c2c(-c3nc(-c4cccc(-c5ccccc5)c4)cc(-c4ccc5ccccc5c4)n3)cccc2-c2ccc3c4ccccc4n(-c4ccccc4)c3c21. The zero-order valence-corrected chi connectivity index (χ0v) is 29.3. The van der Waals surface area contributed by atoms with Crippen LogP contribution in [0.4, 0.5) is 0 Å². The molecule has 0 amide bonds. The molecular weight excluding hydrogens is 653 g/mol. The van der Waals surface area contributed by atoms with E-state index in [2.05, 4.69) is 200 Å². The molecule has 1 aliphatic rings. The Bertz CT molecular complexity index is 3070. The van der Waals surface area contributed by atoms with Crippen molar-refractivity contribution in [3.8, 4) is 61.8 Å². The van der Waals surface area contributed by atoms with E-state index in [1.54, 1.807) is 0 Å². The lowest BCUT2D eigenvalue weighted by Crippen LogP contribution is -2.25. The lowest BCUT2D eigenvalue weighted by atomic mass is 9.65. The van der Waals surface area contributed by atoms with Gasteiger partial charge in [-0.15, -0.1) is 0 Å². The molecule has 0 N–H and O–H groups in total. The van der Waals surface area contributed by atoms with Crippen molar-refractivity contribution in [2.75, 3.05) is 0 Å². The first-order chi connectivity index (χ1) is 26.8. The third kappa shape index (κ3) is 4.92. The van der Waals surface area contributed by atoms with E-state index in [1.807, 2.05) is 0 Å². The van der Waals surface area contributed by atoms with Crippen LogP contribution in [-0.4, -0.2) is 21.8 Å². The molecule has 0 saturated heterocycles. The molecule has 54 heavy (non-hydrogen) atoms. The van der Waals surface area contributed by atoms with Crippen molar-refractivity contribution in [1.82, 2.24) is 14.5 Å². The number of fused-ring (bicyclic) bond motifs is 8. The van der Waals surface area contributed by atoms with Gasteiger partial charge in [0.15, 0.2) is 13.1 Å². The Morgan fingerprint density at radius 1 is 0.389 bits per heavy atom. The molecule has 4 heteroatoms. The van der Waals surface area contributed by atoms with E-state index in [-0.39, 0.29) is 0 Å². The standard InChI is InChI=1S/C50H31BN3/c1-3-13-32(14-4-1)35-17-11-18-36(29-35)44-31-45(37-26-25-33-15-7-8-16-34(33)30-37)53-50(52-44)43-23-12-22-40-41-27-28-42-39-21-9-10-24-46(39)54(38-19-5-2-6-20-38)49(42)48(41)51-47(40)43/h1-31H. The highest BCUT2D eigenvalue weighted by molar-refractivity contribution is 6.77. The van der Waals surface area contributed by atoms with Gasteiger partial charge in [0.2, 0.25) is 0 Å². The second-order valence-corrected chi connectivity index (χ2v) is 14.0. The minimum absolute atomic E-state index is 0.710. The van der Waals surface area contributed by atoms with Crippen molar-refractivity contribution in [3.05, 3.63) is 188 Å². The molecule has 3 nitrogen and oxygen atoms in total. The number of benzene rings is 8. The third-order valence-electron chi connectivity index (χ3n) is 10.9. The van der Waals surface area contributed by atoms with Gasteiger partial charge in [0.1, 0.15) is 0 Å². The summed E-state index contributed by atoms with van der Waals surface area (Å²) in [5.74, 6) is 0.710. The van der Waals surface area contributed by atoms with Gasteiger partial charge in [0.25, 0.3) is 0 Å². The van der Waals surface area contributed by atoms with E-state index >= 15 is 0 Å². The van der Waals surface area contributed by atoms with Crippen molar-refractivity contribution in [1.29, 1.82) is 0 Å². The predicted molar refractivity (Wildman–Crippen MR) is 226 cm³/mol. The van der Waals surface area contributed by atoms with Crippen molar-refractivity contribution in [3.63, 3.8) is 0 Å². The van der Waals surface area contributed by atoms with Crippen LogP contribution in [0.5, 0.6) is 0 Å². The van der Waals surface area contributed by atoms with Crippen LogP contribution in [0.2, 0.25) is 0 Å². The number of hydrogen-bond donors (Lipinski definition) is 0. The highest BCUT2D eigenvalue weighted by Crippen LogP contribution is 2.37. The molecule has 0 fully saturated rings. The molecule has 3 heterocycles. The number of nitrogens with zero attached hydrogens (tertiary/aromatic N) is 3. The average molecular weight is 685 g/mol. The van der Waals surface area contributed by atoms with Gasteiger partial charge in [-0.2, -0.15) is 0 Å². The van der Waals surface area contributed by atoms with Gasteiger partial charge in [0.05, 0.1) is 16.9 Å². The van der Waals surface area contributed by atoms with E-state index in [4.69, 9.17) is 9.97 Å². The van der Waals surface area contributed by atoms with Gasteiger partial charge in [-0.1, -0.05) is 157 Å². The molecular formula is C50H31BN3. The second-order valence-electron chi connectivity index (χ2n) is 14.0. The Kier molecular flexibility index (Phi) is 6.96. The van der Waals surface area contributed by atoms with Gasteiger partial charge in [-0.05, 0) is 74.9 Å². The normalized spacial score (nSPS) is 11.9. The maximum atomic E-state index is 5.36. The fourth-order valence-corrected chi connectivity index (χ4v) is 8.31. The molecule has 0 spiro atoms. The summed E-state index contributed by atoms with van der Waals surface area (Å²) in [5.41, 5.74) is 15.6. The predicted octanol–water partition coefficient (Wildman–Crippen LogP) is 11.0. The molecule has 1 aliphatic heterocycles. The minimum atomic E-state index is 0.710. The van der Waals surface area contributed by atoms with Gasteiger partial charge in [0, 0.05) is 38.7 Å². The van der Waals surface area contributed by atoms with Gasteiger partial charge < -0.3 is 4.57 Å². The van der Waals surface area contributed by atoms with Crippen LogP contribution in [0.3, 0.4) is 0 Å². The minimum Gasteiger partial charge on any atom is -0.310 e. The van der Waals surface area contributed by atoms with Crippen LogP contribution >= 0.6 is 0 Å². The fraction of sp³-hybridized carbons (Fsp3) is 0. The Morgan fingerprint density at radius 2 is 1.04 bits per heavy atom. The maximum absolute atomic E-state index is 5.36. The van der Waals surface area contributed by atoms with Crippen molar-refractivity contribution >= 4 is 50.8 Å². The summed E-state index contributed by atoms with van der Waals surface area (Å²) in [6, 6.07) is 67.0. The zero-order valence-electron chi connectivity index (χ0n) is 29.3. The van der Waals surface area contributed by atoms with Crippen LogP contribution in [-0.2, 0) is 0 Å². The number of aromatic nitrogens is 3. The smallest absolute Gasteiger partial charge is 0.196 e. The molecule has 0 saturated carbocycles. The highest BCUT2D eigenvalue weighted by atomic mass is 15.0. The van der Waals surface area contributed by atoms with E-state index in [1.165, 1.54) is 54.7 Å².